The van der Waals surface area contributed by atoms with Crippen molar-refractivity contribution < 1.29 is 0 Å². The number of anilines is 1. The van der Waals surface area contributed by atoms with Crippen molar-refractivity contribution in [3.63, 3.8) is 0 Å². The van der Waals surface area contributed by atoms with Gasteiger partial charge in [0.2, 0.25) is 0 Å². The van der Waals surface area contributed by atoms with E-state index in [9.17, 15) is 0 Å². The molecule has 0 aliphatic carbocycles. The van der Waals surface area contributed by atoms with Crippen LogP contribution in [0.15, 0.2) is 36.5 Å². The fourth-order valence-corrected chi connectivity index (χ4v) is 1.79. The summed E-state index contributed by atoms with van der Waals surface area (Å²) in [5, 5.41) is 12.6. The summed E-state index contributed by atoms with van der Waals surface area (Å²) in [4.78, 5) is 4.72. The maximum absolute atomic E-state index is 8.63. The molecule has 0 fully saturated rings. The van der Waals surface area contributed by atoms with Gasteiger partial charge in [0.1, 0.15) is 10.9 Å². The fourth-order valence-electron chi connectivity index (χ4n) is 1.18. The van der Waals surface area contributed by atoms with Crippen molar-refractivity contribution in [1.82, 2.24) is 4.98 Å². The second-order valence-corrected chi connectivity index (χ2v) is 4.01. The normalized spacial score (nSPS) is 9.53. The Kier molecular flexibility index (Phi) is 2.96. The van der Waals surface area contributed by atoms with Gasteiger partial charge >= 0.3 is 0 Å². The van der Waals surface area contributed by atoms with E-state index in [4.69, 9.17) is 5.26 Å². The Balaban J connectivity index is 1.97. The Morgan fingerprint density at radius 3 is 2.80 bits per heavy atom. The molecule has 1 heterocycles. The molecule has 3 nitrogen and oxygen atoms in total. The van der Waals surface area contributed by atoms with Crippen LogP contribution in [0.3, 0.4) is 0 Å². The molecular formula is C11H9N3S. The van der Waals surface area contributed by atoms with Crippen LogP contribution in [0, 0.1) is 11.3 Å². The lowest BCUT2D eigenvalue weighted by Crippen LogP contribution is -1.97. The van der Waals surface area contributed by atoms with E-state index in [1.54, 1.807) is 6.20 Å². The molecule has 2 aromatic rings. The van der Waals surface area contributed by atoms with E-state index < -0.39 is 0 Å². The van der Waals surface area contributed by atoms with Gasteiger partial charge in [-0.25, -0.2) is 4.98 Å². The lowest BCUT2D eigenvalue weighted by molar-refractivity contribution is 1.13. The molecule has 4 heteroatoms. The molecule has 1 aromatic heterocycles. The molecular weight excluding hydrogens is 206 g/mol. The van der Waals surface area contributed by atoms with Crippen LogP contribution < -0.4 is 5.32 Å². The minimum absolute atomic E-state index is 0.630. The van der Waals surface area contributed by atoms with Crippen LogP contribution in [0.4, 0.5) is 5.13 Å². The summed E-state index contributed by atoms with van der Waals surface area (Å²) in [5.74, 6) is 0. The Hall–Kier alpha value is -1.86. The van der Waals surface area contributed by atoms with Crippen molar-refractivity contribution in [2.75, 3.05) is 5.32 Å². The zero-order valence-corrected chi connectivity index (χ0v) is 8.79. The van der Waals surface area contributed by atoms with Crippen molar-refractivity contribution in [2.45, 2.75) is 6.54 Å². The van der Waals surface area contributed by atoms with Gasteiger partial charge in [-0.05, 0) is 5.56 Å². The first kappa shape index (κ1) is 9.69. The van der Waals surface area contributed by atoms with Gasteiger partial charge in [0.15, 0.2) is 5.13 Å². The number of hydrogen-bond acceptors (Lipinski definition) is 4. The highest BCUT2D eigenvalue weighted by Crippen LogP contribution is 2.17. The minimum atomic E-state index is 0.630. The number of thiazole rings is 1. The van der Waals surface area contributed by atoms with E-state index in [-0.39, 0.29) is 0 Å². The zero-order chi connectivity index (χ0) is 10.5. The highest BCUT2D eigenvalue weighted by Gasteiger charge is 1.99. The molecule has 0 saturated carbocycles. The first-order valence-electron chi connectivity index (χ1n) is 4.52. The summed E-state index contributed by atoms with van der Waals surface area (Å²) >= 11 is 1.37. The highest BCUT2D eigenvalue weighted by molar-refractivity contribution is 7.16. The topological polar surface area (TPSA) is 48.7 Å². The lowest BCUT2D eigenvalue weighted by atomic mass is 10.2. The van der Waals surface area contributed by atoms with Crippen LogP contribution in [0.2, 0.25) is 0 Å². The molecule has 1 N–H and O–H groups in total. The molecule has 0 atom stereocenters. The molecule has 0 aliphatic heterocycles. The third-order valence-electron chi connectivity index (χ3n) is 1.90. The largest absolute Gasteiger partial charge is 0.357 e. The first-order chi connectivity index (χ1) is 7.38. The summed E-state index contributed by atoms with van der Waals surface area (Å²) in [7, 11) is 0. The molecule has 0 amide bonds. The second kappa shape index (κ2) is 4.58. The number of nitrogens with one attached hydrogen (secondary N) is 1. The number of benzene rings is 1. The van der Waals surface area contributed by atoms with Gasteiger partial charge in [-0.2, -0.15) is 5.26 Å². The highest BCUT2D eigenvalue weighted by atomic mass is 32.1. The van der Waals surface area contributed by atoms with Crippen molar-refractivity contribution in [3.8, 4) is 6.07 Å². The first-order valence-corrected chi connectivity index (χ1v) is 5.34. The maximum atomic E-state index is 8.63. The summed E-state index contributed by atoms with van der Waals surface area (Å²) < 4.78 is 0. The van der Waals surface area contributed by atoms with Crippen LogP contribution in [-0.4, -0.2) is 4.98 Å². The third-order valence-corrected chi connectivity index (χ3v) is 2.76. The van der Waals surface area contributed by atoms with Crippen LogP contribution in [0.5, 0.6) is 0 Å². The van der Waals surface area contributed by atoms with Crippen molar-refractivity contribution in [3.05, 3.63) is 47.0 Å². The summed E-state index contributed by atoms with van der Waals surface area (Å²) in [6, 6.07) is 12.1. The predicted molar refractivity (Wildman–Crippen MR) is 60.6 cm³/mol. The van der Waals surface area contributed by atoms with Gasteiger partial charge < -0.3 is 5.32 Å². The third kappa shape index (κ3) is 2.55. The molecule has 0 radical (unpaired) electrons. The van der Waals surface area contributed by atoms with Crippen molar-refractivity contribution in [2.24, 2.45) is 0 Å². The number of rotatable bonds is 3. The summed E-state index contributed by atoms with van der Waals surface area (Å²) in [5.41, 5.74) is 1.20. The molecule has 2 rings (SSSR count). The second-order valence-electron chi connectivity index (χ2n) is 2.98. The predicted octanol–water partition coefficient (Wildman–Crippen LogP) is 2.63. The average Bonchev–Trinajstić information content (AvgIpc) is 2.76. The minimum Gasteiger partial charge on any atom is -0.357 e. The van der Waals surface area contributed by atoms with Crippen LogP contribution in [-0.2, 0) is 6.54 Å². The van der Waals surface area contributed by atoms with Crippen LogP contribution >= 0.6 is 11.3 Å². The maximum Gasteiger partial charge on any atom is 0.184 e. The van der Waals surface area contributed by atoms with Gasteiger partial charge in [0, 0.05) is 6.54 Å². The monoisotopic (exact) mass is 215 g/mol. The molecule has 0 saturated heterocycles. The SMILES string of the molecule is N#Cc1cnc(NCc2ccccc2)s1. The molecule has 15 heavy (non-hydrogen) atoms. The molecule has 0 spiro atoms. The molecule has 74 valence electrons. The average molecular weight is 215 g/mol. The van der Waals surface area contributed by atoms with Gasteiger partial charge in [-0.1, -0.05) is 41.7 Å². The van der Waals surface area contributed by atoms with E-state index in [2.05, 4.69) is 16.4 Å². The lowest BCUT2D eigenvalue weighted by Gasteiger charge is -2.01. The zero-order valence-electron chi connectivity index (χ0n) is 7.97. The Morgan fingerprint density at radius 1 is 1.33 bits per heavy atom. The Labute approximate surface area is 92.0 Å². The van der Waals surface area contributed by atoms with Crippen molar-refractivity contribution in [1.29, 1.82) is 5.26 Å². The molecule has 0 aliphatic rings. The number of nitriles is 1. The molecule has 0 bridgehead atoms. The fraction of sp³-hybridized carbons (Fsp3) is 0.0909. The van der Waals surface area contributed by atoms with Gasteiger partial charge in [-0.15, -0.1) is 0 Å². The molecule has 0 unspecified atom stereocenters. The quantitative estimate of drug-likeness (QED) is 0.856. The Morgan fingerprint density at radius 2 is 2.13 bits per heavy atom. The number of aromatic nitrogens is 1. The van der Waals surface area contributed by atoms with Gasteiger partial charge in [0.25, 0.3) is 0 Å². The van der Waals surface area contributed by atoms with E-state index in [0.717, 1.165) is 11.7 Å². The standard InChI is InChI=1S/C11H9N3S/c12-6-10-8-14-11(15-10)13-7-9-4-2-1-3-5-9/h1-5,8H,7H2,(H,13,14). The number of nitrogens with zero attached hydrogens (tertiary/aromatic N) is 2. The van der Waals surface area contributed by atoms with Crippen LogP contribution in [0.25, 0.3) is 0 Å². The van der Waals surface area contributed by atoms with E-state index in [0.29, 0.717) is 4.88 Å². The summed E-state index contributed by atoms with van der Waals surface area (Å²) in [6.45, 7) is 0.735. The summed E-state index contributed by atoms with van der Waals surface area (Å²) in [6.07, 6.45) is 1.58. The van der Waals surface area contributed by atoms with E-state index in [1.165, 1.54) is 16.9 Å². The Bertz CT molecular complexity index is 470. The van der Waals surface area contributed by atoms with Crippen LogP contribution in [0.1, 0.15) is 10.4 Å². The van der Waals surface area contributed by atoms with Gasteiger partial charge in [-0.3, -0.25) is 0 Å². The van der Waals surface area contributed by atoms with E-state index in [1.807, 2.05) is 30.3 Å². The smallest absolute Gasteiger partial charge is 0.184 e. The van der Waals surface area contributed by atoms with E-state index >= 15 is 0 Å². The molecule has 1 aromatic carbocycles. The number of hydrogen-bond donors (Lipinski definition) is 1. The van der Waals surface area contributed by atoms with Gasteiger partial charge in [0.05, 0.1) is 6.20 Å². The van der Waals surface area contributed by atoms with Crippen molar-refractivity contribution >= 4 is 16.5 Å².